The zero-order chi connectivity index (χ0) is 12.8. The van der Waals surface area contributed by atoms with Gasteiger partial charge in [0.25, 0.3) is 0 Å². The normalized spacial score (nSPS) is 26.2. The molecule has 3 nitrogen and oxygen atoms in total. The van der Waals surface area contributed by atoms with Crippen molar-refractivity contribution in [2.45, 2.75) is 58.9 Å². The Morgan fingerprint density at radius 3 is 2.59 bits per heavy atom. The highest BCUT2D eigenvalue weighted by atomic mass is 16.1. The second-order valence-corrected chi connectivity index (χ2v) is 6.12. The highest BCUT2D eigenvalue weighted by Gasteiger charge is 2.23. The molecule has 3 N–H and O–H groups in total. The number of rotatable bonds is 6. The van der Waals surface area contributed by atoms with E-state index < -0.39 is 0 Å². The molecule has 3 heteroatoms. The number of carbonyl (C=O) groups is 1. The minimum atomic E-state index is 0.195. The van der Waals surface area contributed by atoms with Crippen LogP contribution in [0.1, 0.15) is 52.9 Å². The summed E-state index contributed by atoms with van der Waals surface area (Å²) in [7, 11) is 0. The fourth-order valence-electron chi connectivity index (χ4n) is 2.82. The summed E-state index contributed by atoms with van der Waals surface area (Å²) in [4.78, 5) is 11.9. The van der Waals surface area contributed by atoms with Gasteiger partial charge in [0.1, 0.15) is 0 Å². The molecule has 0 aromatic heterocycles. The first-order valence-corrected chi connectivity index (χ1v) is 7.00. The van der Waals surface area contributed by atoms with Crippen LogP contribution in [0.4, 0.5) is 0 Å². The van der Waals surface area contributed by atoms with Crippen LogP contribution in [-0.4, -0.2) is 18.5 Å². The lowest BCUT2D eigenvalue weighted by molar-refractivity contribution is -0.122. The van der Waals surface area contributed by atoms with Crippen LogP contribution in [-0.2, 0) is 4.79 Å². The van der Waals surface area contributed by atoms with Crippen LogP contribution in [0.3, 0.4) is 0 Å². The molecule has 0 aliphatic heterocycles. The molecule has 1 amide bonds. The molecule has 1 aliphatic rings. The molecule has 1 rings (SSSR count). The van der Waals surface area contributed by atoms with Crippen LogP contribution in [0.5, 0.6) is 0 Å². The third-order valence-electron chi connectivity index (χ3n) is 3.67. The van der Waals surface area contributed by atoms with Crippen molar-refractivity contribution < 1.29 is 4.79 Å². The third kappa shape index (κ3) is 5.53. The number of hydrogen-bond acceptors (Lipinski definition) is 2. The zero-order valence-electron chi connectivity index (χ0n) is 11.5. The van der Waals surface area contributed by atoms with Crippen molar-refractivity contribution in [3.63, 3.8) is 0 Å². The standard InChI is InChI=1S/C14H28N2O/c1-10(2)6-12(9-15)8-14(17)16-13-5-4-11(3)7-13/h10-13H,4-9,15H2,1-3H3,(H,16,17)/t11?,12-,13?/m0/s1. The first-order chi connectivity index (χ1) is 8.01. The lowest BCUT2D eigenvalue weighted by Gasteiger charge is -2.18. The first kappa shape index (κ1) is 14.5. The molecule has 0 bridgehead atoms. The van der Waals surface area contributed by atoms with E-state index in [1.54, 1.807) is 0 Å². The fraction of sp³-hybridized carbons (Fsp3) is 0.929. The Balaban J connectivity index is 2.27. The number of nitrogens with one attached hydrogen (secondary N) is 1. The van der Waals surface area contributed by atoms with E-state index in [0.717, 1.165) is 25.2 Å². The number of hydrogen-bond donors (Lipinski definition) is 2. The molecule has 0 heterocycles. The van der Waals surface area contributed by atoms with Gasteiger partial charge in [-0.05, 0) is 50.0 Å². The monoisotopic (exact) mass is 240 g/mol. The van der Waals surface area contributed by atoms with Gasteiger partial charge in [0, 0.05) is 12.5 Å². The lowest BCUT2D eigenvalue weighted by Crippen LogP contribution is -2.35. The molecule has 0 saturated heterocycles. The van der Waals surface area contributed by atoms with Crippen molar-refractivity contribution in [2.75, 3.05) is 6.54 Å². The fourth-order valence-corrected chi connectivity index (χ4v) is 2.82. The van der Waals surface area contributed by atoms with Crippen molar-refractivity contribution in [1.29, 1.82) is 0 Å². The van der Waals surface area contributed by atoms with Gasteiger partial charge in [-0.15, -0.1) is 0 Å². The van der Waals surface area contributed by atoms with Crippen LogP contribution < -0.4 is 11.1 Å². The topological polar surface area (TPSA) is 55.1 Å². The SMILES string of the molecule is CC(C)C[C@H](CN)CC(=O)NC1CCC(C)C1. The molecule has 100 valence electrons. The average molecular weight is 240 g/mol. The number of nitrogens with two attached hydrogens (primary N) is 1. The molecule has 1 aliphatic carbocycles. The van der Waals surface area contributed by atoms with Crippen molar-refractivity contribution >= 4 is 5.91 Å². The van der Waals surface area contributed by atoms with E-state index in [9.17, 15) is 4.79 Å². The van der Waals surface area contributed by atoms with E-state index in [1.807, 2.05) is 0 Å². The van der Waals surface area contributed by atoms with Crippen LogP contribution in [0.25, 0.3) is 0 Å². The predicted molar refractivity (Wildman–Crippen MR) is 71.6 cm³/mol. The average Bonchev–Trinajstić information content (AvgIpc) is 2.62. The highest BCUT2D eigenvalue weighted by molar-refractivity contribution is 5.76. The summed E-state index contributed by atoms with van der Waals surface area (Å²) < 4.78 is 0. The van der Waals surface area contributed by atoms with Gasteiger partial charge in [-0.1, -0.05) is 20.8 Å². The highest BCUT2D eigenvalue weighted by Crippen LogP contribution is 2.25. The van der Waals surface area contributed by atoms with Crippen LogP contribution in [0.15, 0.2) is 0 Å². The maximum absolute atomic E-state index is 11.9. The Bertz CT molecular complexity index is 240. The summed E-state index contributed by atoms with van der Waals surface area (Å²) in [6.07, 6.45) is 5.18. The quantitative estimate of drug-likeness (QED) is 0.748. The minimum absolute atomic E-state index is 0.195. The largest absolute Gasteiger partial charge is 0.353 e. The van der Waals surface area contributed by atoms with Crippen LogP contribution in [0, 0.1) is 17.8 Å². The second kappa shape index (κ2) is 7.00. The Morgan fingerprint density at radius 2 is 2.12 bits per heavy atom. The molecule has 0 aromatic carbocycles. The molecule has 1 fully saturated rings. The summed E-state index contributed by atoms with van der Waals surface area (Å²) in [5.41, 5.74) is 5.72. The van der Waals surface area contributed by atoms with Crippen LogP contribution in [0.2, 0.25) is 0 Å². The van der Waals surface area contributed by atoms with E-state index in [1.165, 1.54) is 6.42 Å². The van der Waals surface area contributed by atoms with Crippen molar-refractivity contribution in [3.8, 4) is 0 Å². The molecular formula is C14H28N2O. The van der Waals surface area contributed by atoms with Crippen LogP contribution >= 0.6 is 0 Å². The summed E-state index contributed by atoms with van der Waals surface area (Å²) >= 11 is 0. The maximum atomic E-state index is 11.9. The molecular weight excluding hydrogens is 212 g/mol. The minimum Gasteiger partial charge on any atom is -0.353 e. The van der Waals surface area contributed by atoms with Gasteiger partial charge in [-0.2, -0.15) is 0 Å². The summed E-state index contributed by atoms with van der Waals surface area (Å²) in [5, 5.41) is 3.15. The van der Waals surface area contributed by atoms with E-state index in [4.69, 9.17) is 5.73 Å². The van der Waals surface area contributed by atoms with Gasteiger partial charge in [0.2, 0.25) is 5.91 Å². The molecule has 0 aromatic rings. The number of carbonyl (C=O) groups excluding carboxylic acids is 1. The van der Waals surface area contributed by atoms with E-state index in [2.05, 4.69) is 26.1 Å². The van der Waals surface area contributed by atoms with E-state index in [-0.39, 0.29) is 5.91 Å². The Hall–Kier alpha value is -0.570. The Kier molecular flexibility index (Phi) is 5.96. The van der Waals surface area contributed by atoms with Gasteiger partial charge in [0.15, 0.2) is 0 Å². The van der Waals surface area contributed by atoms with E-state index >= 15 is 0 Å². The van der Waals surface area contributed by atoms with Crippen molar-refractivity contribution in [1.82, 2.24) is 5.32 Å². The van der Waals surface area contributed by atoms with Gasteiger partial charge >= 0.3 is 0 Å². The molecule has 0 spiro atoms. The van der Waals surface area contributed by atoms with Gasteiger partial charge in [-0.25, -0.2) is 0 Å². The molecule has 17 heavy (non-hydrogen) atoms. The Morgan fingerprint density at radius 1 is 1.41 bits per heavy atom. The predicted octanol–water partition coefficient (Wildman–Crippen LogP) is 2.30. The molecule has 1 saturated carbocycles. The third-order valence-corrected chi connectivity index (χ3v) is 3.67. The van der Waals surface area contributed by atoms with Gasteiger partial charge in [-0.3, -0.25) is 4.79 Å². The van der Waals surface area contributed by atoms with Crippen molar-refractivity contribution in [3.05, 3.63) is 0 Å². The first-order valence-electron chi connectivity index (χ1n) is 7.00. The van der Waals surface area contributed by atoms with Gasteiger partial charge in [0.05, 0.1) is 0 Å². The second-order valence-electron chi connectivity index (χ2n) is 6.12. The van der Waals surface area contributed by atoms with Crippen molar-refractivity contribution in [2.24, 2.45) is 23.5 Å². The Labute approximate surface area is 106 Å². The van der Waals surface area contributed by atoms with E-state index in [0.29, 0.717) is 30.8 Å². The van der Waals surface area contributed by atoms with Gasteiger partial charge < -0.3 is 11.1 Å². The lowest BCUT2D eigenvalue weighted by atomic mass is 9.94. The zero-order valence-corrected chi connectivity index (χ0v) is 11.5. The molecule has 3 atom stereocenters. The smallest absolute Gasteiger partial charge is 0.220 e. The molecule has 0 radical (unpaired) electrons. The summed E-state index contributed by atoms with van der Waals surface area (Å²) in [5.74, 6) is 1.91. The maximum Gasteiger partial charge on any atom is 0.220 e. The number of amides is 1. The molecule has 2 unspecified atom stereocenters. The summed E-state index contributed by atoms with van der Waals surface area (Å²) in [6.45, 7) is 7.23. The summed E-state index contributed by atoms with van der Waals surface area (Å²) in [6, 6.07) is 0.412.